The SMILES string of the molecule is CC(CC1CCCCC1)CN(CC(=O)O)C(C)C. The zero-order valence-corrected chi connectivity index (χ0v) is 12.2. The summed E-state index contributed by atoms with van der Waals surface area (Å²) >= 11 is 0. The maximum atomic E-state index is 10.8. The van der Waals surface area contributed by atoms with Crippen molar-refractivity contribution < 1.29 is 9.90 Å². The summed E-state index contributed by atoms with van der Waals surface area (Å²) in [5.74, 6) is 0.774. The van der Waals surface area contributed by atoms with E-state index in [-0.39, 0.29) is 6.54 Å². The Labute approximate surface area is 112 Å². The summed E-state index contributed by atoms with van der Waals surface area (Å²) in [4.78, 5) is 12.9. The van der Waals surface area contributed by atoms with Gasteiger partial charge in [0.25, 0.3) is 0 Å². The number of hydrogen-bond acceptors (Lipinski definition) is 2. The van der Waals surface area contributed by atoms with Crippen molar-refractivity contribution in [2.24, 2.45) is 11.8 Å². The van der Waals surface area contributed by atoms with E-state index in [2.05, 4.69) is 25.7 Å². The van der Waals surface area contributed by atoms with Crippen LogP contribution in [-0.4, -0.2) is 35.1 Å². The molecular weight excluding hydrogens is 226 g/mol. The lowest BCUT2D eigenvalue weighted by Gasteiger charge is -2.30. The van der Waals surface area contributed by atoms with Gasteiger partial charge in [0.15, 0.2) is 0 Å². The highest BCUT2D eigenvalue weighted by atomic mass is 16.4. The first-order valence-corrected chi connectivity index (χ1v) is 7.45. The van der Waals surface area contributed by atoms with Crippen molar-refractivity contribution in [1.82, 2.24) is 4.90 Å². The van der Waals surface area contributed by atoms with E-state index in [1.807, 2.05) is 0 Å². The van der Waals surface area contributed by atoms with Gasteiger partial charge in [-0.15, -0.1) is 0 Å². The maximum absolute atomic E-state index is 10.8. The lowest BCUT2D eigenvalue weighted by atomic mass is 9.83. The van der Waals surface area contributed by atoms with Gasteiger partial charge in [0.05, 0.1) is 6.54 Å². The Kier molecular flexibility index (Phi) is 6.69. The molecule has 1 fully saturated rings. The molecule has 1 saturated carbocycles. The van der Waals surface area contributed by atoms with Crippen molar-refractivity contribution in [2.45, 2.75) is 65.3 Å². The number of carbonyl (C=O) groups is 1. The fourth-order valence-electron chi connectivity index (χ4n) is 3.10. The molecule has 0 aromatic rings. The standard InChI is InChI=1S/C15H29NO2/c1-12(2)16(11-15(17)18)10-13(3)9-14-7-5-4-6-8-14/h12-14H,4-11H2,1-3H3,(H,17,18). The van der Waals surface area contributed by atoms with Crippen molar-refractivity contribution in [1.29, 1.82) is 0 Å². The topological polar surface area (TPSA) is 40.5 Å². The molecule has 18 heavy (non-hydrogen) atoms. The molecule has 0 heterocycles. The number of carboxylic acids is 1. The third kappa shape index (κ3) is 5.85. The van der Waals surface area contributed by atoms with Gasteiger partial charge in [-0.05, 0) is 32.1 Å². The third-order valence-electron chi connectivity index (χ3n) is 4.08. The molecule has 106 valence electrons. The van der Waals surface area contributed by atoms with Gasteiger partial charge in [0.1, 0.15) is 0 Å². The quantitative estimate of drug-likeness (QED) is 0.758. The highest BCUT2D eigenvalue weighted by Crippen LogP contribution is 2.29. The molecule has 0 amide bonds. The average Bonchev–Trinajstić information content (AvgIpc) is 2.28. The molecule has 1 aliphatic rings. The second-order valence-corrected chi connectivity index (χ2v) is 6.26. The predicted octanol–water partition coefficient (Wildman–Crippen LogP) is 3.39. The summed E-state index contributed by atoms with van der Waals surface area (Å²) in [5.41, 5.74) is 0. The van der Waals surface area contributed by atoms with Crippen molar-refractivity contribution in [3.8, 4) is 0 Å². The number of hydrogen-bond donors (Lipinski definition) is 1. The first kappa shape index (κ1) is 15.5. The van der Waals surface area contributed by atoms with Gasteiger partial charge in [-0.1, -0.05) is 39.0 Å². The van der Waals surface area contributed by atoms with E-state index in [0.29, 0.717) is 12.0 Å². The summed E-state index contributed by atoms with van der Waals surface area (Å²) in [6, 6.07) is 0.315. The lowest BCUT2D eigenvalue weighted by molar-refractivity contribution is -0.139. The Balaban J connectivity index is 2.35. The lowest BCUT2D eigenvalue weighted by Crippen LogP contribution is -2.39. The summed E-state index contributed by atoms with van der Waals surface area (Å²) < 4.78 is 0. The van der Waals surface area contributed by atoms with E-state index in [1.165, 1.54) is 38.5 Å². The summed E-state index contributed by atoms with van der Waals surface area (Å²) in [6.07, 6.45) is 8.21. The summed E-state index contributed by atoms with van der Waals surface area (Å²) in [7, 11) is 0. The minimum Gasteiger partial charge on any atom is -0.480 e. The van der Waals surface area contributed by atoms with Crippen LogP contribution in [0.2, 0.25) is 0 Å². The fraction of sp³-hybridized carbons (Fsp3) is 0.933. The van der Waals surface area contributed by atoms with E-state index < -0.39 is 5.97 Å². The van der Waals surface area contributed by atoms with Crippen LogP contribution < -0.4 is 0 Å². The predicted molar refractivity (Wildman–Crippen MR) is 74.7 cm³/mol. The van der Waals surface area contributed by atoms with Crippen LogP contribution in [0.15, 0.2) is 0 Å². The van der Waals surface area contributed by atoms with Crippen molar-refractivity contribution >= 4 is 5.97 Å². The molecule has 0 spiro atoms. The highest BCUT2D eigenvalue weighted by Gasteiger charge is 2.20. The number of carboxylic acid groups (broad SMARTS) is 1. The second kappa shape index (κ2) is 7.78. The van der Waals surface area contributed by atoms with Gasteiger partial charge >= 0.3 is 5.97 Å². The molecule has 0 bridgehead atoms. The second-order valence-electron chi connectivity index (χ2n) is 6.26. The van der Waals surface area contributed by atoms with Crippen LogP contribution in [-0.2, 0) is 4.79 Å². The number of aliphatic carboxylic acids is 1. The van der Waals surface area contributed by atoms with E-state index >= 15 is 0 Å². The Morgan fingerprint density at radius 2 is 1.83 bits per heavy atom. The molecule has 0 aromatic carbocycles. The van der Waals surface area contributed by atoms with Gasteiger partial charge in [-0.25, -0.2) is 0 Å². The van der Waals surface area contributed by atoms with E-state index in [4.69, 9.17) is 5.11 Å². The van der Waals surface area contributed by atoms with Crippen LogP contribution in [0.1, 0.15) is 59.3 Å². The minimum atomic E-state index is -0.714. The molecule has 0 saturated heterocycles. The number of nitrogens with zero attached hydrogens (tertiary/aromatic N) is 1. The molecular formula is C15H29NO2. The van der Waals surface area contributed by atoms with Crippen LogP contribution >= 0.6 is 0 Å². The van der Waals surface area contributed by atoms with Crippen LogP contribution in [0, 0.1) is 11.8 Å². The third-order valence-corrected chi connectivity index (χ3v) is 4.08. The van der Waals surface area contributed by atoms with Crippen molar-refractivity contribution in [3.05, 3.63) is 0 Å². The number of rotatable bonds is 7. The Hall–Kier alpha value is -0.570. The van der Waals surface area contributed by atoms with E-state index in [1.54, 1.807) is 0 Å². The zero-order valence-electron chi connectivity index (χ0n) is 12.2. The van der Waals surface area contributed by atoms with Crippen LogP contribution in [0.4, 0.5) is 0 Å². The summed E-state index contributed by atoms with van der Waals surface area (Å²) in [6.45, 7) is 7.52. The maximum Gasteiger partial charge on any atom is 0.317 e. The fourth-order valence-corrected chi connectivity index (χ4v) is 3.10. The first-order valence-electron chi connectivity index (χ1n) is 7.45. The molecule has 1 aliphatic carbocycles. The molecule has 0 aromatic heterocycles. The minimum absolute atomic E-state index is 0.173. The highest BCUT2D eigenvalue weighted by molar-refractivity contribution is 5.69. The normalized spacial score (nSPS) is 19.4. The summed E-state index contributed by atoms with van der Waals surface area (Å²) in [5, 5.41) is 8.93. The first-order chi connectivity index (χ1) is 8.49. The molecule has 3 nitrogen and oxygen atoms in total. The average molecular weight is 255 g/mol. The Morgan fingerprint density at radius 1 is 1.22 bits per heavy atom. The monoisotopic (exact) mass is 255 g/mol. The van der Waals surface area contributed by atoms with Crippen molar-refractivity contribution in [2.75, 3.05) is 13.1 Å². The molecule has 1 atom stereocenters. The molecule has 0 radical (unpaired) electrons. The van der Waals surface area contributed by atoms with Crippen LogP contribution in [0.25, 0.3) is 0 Å². The van der Waals surface area contributed by atoms with Crippen LogP contribution in [0.5, 0.6) is 0 Å². The smallest absolute Gasteiger partial charge is 0.317 e. The van der Waals surface area contributed by atoms with Crippen molar-refractivity contribution in [3.63, 3.8) is 0 Å². The van der Waals surface area contributed by atoms with Gasteiger partial charge in [-0.2, -0.15) is 0 Å². The molecule has 0 aliphatic heterocycles. The Bertz CT molecular complexity index is 247. The zero-order chi connectivity index (χ0) is 13.5. The molecule has 1 rings (SSSR count). The molecule has 3 heteroatoms. The Morgan fingerprint density at radius 3 is 2.33 bits per heavy atom. The van der Waals surface area contributed by atoms with Gasteiger partial charge in [0.2, 0.25) is 0 Å². The van der Waals surface area contributed by atoms with Gasteiger partial charge < -0.3 is 5.11 Å². The van der Waals surface area contributed by atoms with E-state index in [9.17, 15) is 4.79 Å². The molecule has 1 N–H and O–H groups in total. The van der Waals surface area contributed by atoms with Crippen LogP contribution in [0.3, 0.4) is 0 Å². The molecule has 1 unspecified atom stereocenters. The van der Waals surface area contributed by atoms with Gasteiger partial charge in [0, 0.05) is 12.6 Å². The van der Waals surface area contributed by atoms with E-state index in [0.717, 1.165) is 12.5 Å². The van der Waals surface area contributed by atoms with Gasteiger partial charge in [-0.3, -0.25) is 9.69 Å². The largest absolute Gasteiger partial charge is 0.480 e.